The van der Waals surface area contributed by atoms with Crippen LogP contribution in [-0.2, 0) is 15.0 Å². The van der Waals surface area contributed by atoms with Crippen LogP contribution in [0.15, 0.2) is 0 Å². The number of carbonyl (C=O) groups excluding carboxylic acids is 1. The van der Waals surface area contributed by atoms with E-state index in [4.69, 9.17) is 0 Å². The van der Waals surface area contributed by atoms with E-state index in [9.17, 15) is 13.2 Å². The molecule has 0 spiro atoms. The van der Waals surface area contributed by atoms with Gasteiger partial charge in [0.15, 0.2) is 0 Å². The molecule has 0 bridgehead atoms. The summed E-state index contributed by atoms with van der Waals surface area (Å²) in [5, 5.41) is 3.06. The van der Waals surface area contributed by atoms with Crippen molar-refractivity contribution in [2.24, 2.45) is 5.92 Å². The number of hydrogen-bond donors (Lipinski definition) is 1. The number of hydrogen-bond acceptors (Lipinski definition) is 4. The molecule has 1 atom stereocenters. The zero-order valence-corrected chi connectivity index (χ0v) is 17.4. The molecule has 0 aliphatic carbocycles. The van der Waals surface area contributed by atoms with Crippen LogP contribution in [0.1, 0.15) is 51.9 Å². The lowest BCUT2D eigenvalue weighted by molar-refractivity contribution is -0.126. The lowest BCUT2D eigenvalue weighted by atomic mass is 9.97. The predicted octanol–water partition coefficient (Wildman–Crippen LogP) is 1.28. The highest BCUT2D eigenvalue weighted by molar-refractivity contribution is 7.86. The Morgan fingerprint density at radius 1 is 1.12 bits per heavy atom. The molecular formula is C18H36N4O3S. The molecule has 8 heteroatoms. The molecule has 0 aromatic rings. The summed E-state index contributed by atoms with van der Waals surface area (Å²) < 4.78 is 26.9. The number of rotatable bonds is 8. The molecule has 1 unspecified atom stereocenters. The summed E-state index contributed by atoms with van der Waals surface area (Å²) in [5.74, 6) is 0.0135. The molecule has 0 radical (unpaired) electrons. The van der Waals surface area contributed by atoms with Gasteiger partial charge in [0.25, 0.3) is 10.2 Å². The van der Waals surface area contributed by atoms with Gasteiger partial charge in [-0.2, -0.15) is 17.0 Å². The van der Waals surface area contributed by atoms with Gasteiger partial charge in [0.2, 0.25) is 5.91 Å². The molecule has 0 aromatic carbocycles. The fourth-order valence-electron chi connectivity index (χ4n) is 4.03. The fraction of sp³-hybridized carbons (Fsp3) is 0.944. The molecule has 2 aliphatic heterocycles. The van der Waals surface area contributed by atoms with Crippen LogP contribution in [0.3, 0.4) is 0 Å². The Kier molecular flexibility index (Phi) is 8.32. The van der Waals surface area contributed by atoms with E-state index in [1.807, 2.05) is 0 Å². The Morgan fingerprint density at radius 2 is 1.81 bits per heavy atom. The van der Waals surface area contributed by atoms with Crippen LogP contribution in [0.25, 0.3) is 0 Å². The van der Waals surface area contributed by atoms with Gasteiger partial charge in [-0.15, -0.1) is 0 Å². The Labute approximate surface area is 159 Å². The van der Waals surface area contributed by atoms with Crippen LogP contribution in [-0.4, -0.2) is 80.7 Å². The molecule has 1 amide bonds. The first-order valence-electron chi connectivity index (χ1n) is 10.1. The highest BCUT2D eigenvalue weighted by atomic mass is 32.2. The maximum atomic E-state index is 12.4. The van der Waals surface area contributed by atoms with Gasteiger partial charge < -0.3 is 10.2 Å². The average molecular weight is 389 g/mol. The zero-order chi connectivity index (χ0) is 19.2. The number of amides is 1. The van der Waals surface area contributed by atoms with Gasteiger partial charge in [0.1, 0.15) is 0 Å². The monoisotopic (exact) mass is 388 g/mol. The third-order valence-electron chi connectivity index (χ3n) is 5.75. The molecule has 2 fully saturated rings. The van der Waals surface area contributed by atoms with E-state index in [0.717, 1.165) is 13.0 Å². The molecule has 2 heterocycles. The normalized spacial score (nSPS) is 24.1. The van der Waals surface area contributed by atoms with E-state index in [0.29, 0.717) is 38.5 Å². The molecular weight excluding hydrogens is 352 g/mol. The summed E-state index contributed by atoms with van der Waals surface area (Å²) in [5.41, 5.74) is 0. The average Bonchev–Trinajstić information content (AvgIpc) is 2.65. The van der Waals surface area contributed by atoms with Crippen molar-refractivity contribution in [3.8, 4) is 0 Å². The summed E-state index contributed by atoms with van der Waals surface area (Å²) >= 11 is 0. The van der Waals surface area contributed by atoms with Gasteiger partial charge >= 0.3 is 0 Å². The van der Waals surface area contributed by atoms with Gasteiger partial charge in [0, 0.05) is 52.2 Å². The van der Waals surface area contributed by atoms with Gasteiger partial charge in [-0.05, 0) is 45.1 Å². The Morgan fingerprint density at radius 3 is 2.42 bits per heavy atom. The highest BCUT2D eigenvalue weighted by Gasteiger charge is 2.32. The lowest BCUT2D eigenvalue weighted by Crippen LogP contribution is -2.47. The van der Waals surface area contributed by atoms with Crippen molar-refractivity contribution in [3.05, 3.63) is 0 Å². The number of piperidine rings is 2. The number of likely N-dealkylation sites (tertiary alicyclic amines) is 1. The summed E-state index contributed by atoms with van der Waals surface area (Å²) in [7, 11) is -0.278. The van der Waals surface area contributed by atoms with Crippen LogP contribution in [0, 0.1) is 5.92 Å². The minimum atomic E-state index is -3.36. The second-order valence-corrected chi connectivity index (χ2v) is 9.84. The molecule has 1 N–H and O–H groups in total. The quantitative estimate of drug-likeness (QED) is 0.636. The Bertz CT molecular complexity index is 545. The van der Waals surface area contributed by atoms with Crippen molar-refractivity contribution in [1.82, 2.24) is 18.8 Å². The standard InChI is InChI=1S/C18H36N4O3S/c1-4-17-8-5-6-12-21(17)13-7-11-19-18(23)16-9-14-22(15-10-16)26(24,25)20(2)3/h16-17H,4-15H2,1-3H3,(H,19,23). The minimum absolute atomic E-state index is 0.0676. The maximum absolute atomic E-state index is 12.4. The van der Waals surface area contributed by atoms with Crippen LogP contribution in [0.2, 0.25) is 0 Å². The first-order valence-corrected chi connectivity index (χ1v) is 11.4. The Balaban J connectivity index is 1.66. The van der Waals surface area contributed by atoms with Crippen molar-refractivity contribution in [2.75, 3.05) is 46.8 Å². The van der Waals surface area contributed by atoms with Gasteiger partial charge in [-0.25, -0.2) is 0 Å². The summed E-state index contributed by atoms with van der Waals surface area (Å²) in [6.45, 7) is 6.05. The SMILES string of the molecule is CCC1CCCCN1CCCNC(=O)C1CCN(S(=O)(=O)N(C)C)CC1. The van der Waals surface area contributed by atoms with Crippen molar-refractivity contribution in [2.45, 2.75) is 57.9 Å². The van der Waals surface area contributed by atoms with Crippen LogP contribution in [0.4, 0.5) is 0 Å². The van der Waals surface area contributed by atoms with Crippen molar-refractivity contribution >= 4 is 16.1 Å². The molecule has 7 nitrogen and oxygen atoms in total. The smallest absolute Gasteiger partial charge is 0.281 e. The summed E-state index contributed by atoms with van der Waals surface area (Å²) in [6.07, 6.45) is 7.32. The second kappa shape index (κ2) is 10.0. The lowest BCUT2D eigenvalue weighted by Gasteiger charge is -2.35. The van der Waals surface area contributed by atoms with E-state index < -0.39 is 10.2 Å². The third kappa shape index (κ3) is 5.65. The molecule has 2 rings (SSSR count). The largest absolute Gasteiger partial charge is 0.356 e. The minimum Gasteiger partial charge on any atom is -0.356 e. The van der Waals surface area contributed by atoms with Crippen molar-refractivity contribution < 1.29 is 13.2 Å². The summed E-state index contributed by atoms with van der Waals surface area (Å²) in [6, 6.07) is 0.711. The molecule has 26 heavy (non-hydrogen) atoms. The topological polar surface area (TPSA) is 73.0 Å². The number of carbonyl (C=O) groups is 1. The van der Waals surface area contributed by atoms with E-state index in [-0.39, 0.29) is 11.8 Å². The number of nitrogens with one attached hydrogen (secondary N) is 1. The molecule has 0 aromatic heterocycles. The van der Waals surface area contributed by atoms with E-state index in [1.165, 1.54) is 40.8 Å². The molecule has 2 saturated heterocycles. The first kappa shape index (κ1) is 21.6. The zero-order valence-electron chi connectivity index (χ0n) is 16.6. The first-order chi connectivity index (χ1) is 12.4. The predicted molar refractivity (Wildman–Crippen MR) is 104 cm³/mol. The molecule has 2 aliphatic rings. The van der Waals surface area contributed by atoms with Crippen LogP contribution < -0.4 is 5.32 Å². The van der Waals surface area contributed by atoms with Crippen molar-refractivity contribution in [3.63, 3.8) is 0 Å². The van der Waals surface area contributed by atoms with Crippen LogP contribution >= 0.6 is 0 Å². The van der Waals surface area contributed by atoms with Gasteiger partial charge in [-0.1, -0.05) is 13.3 Å². The second-order valence-electron chi connectivity index (χ2n) is 7.70. The van der Waals surface area contributed by atoms with Gasteiger partial charge in [0.05, 0.1) is 0 Å². The number of nitrogens with zero attached hydrogens (tertiary/aromatic N) is 3. The van der Waals surface area contributed by atoms with E-state index in [1.54, 1.807) is 14.1 Å². The molecule has 0 saturated carbocycles. The van der Waals surface area contributed by atoms with Crippen molar-refractivity contribution in [1.29, 1.82) is 0 Å². The fourth-order valence-corrected chi connectivity index (χ4v) is 5.17. The highest BCUT2D eigenvalue weighted by Crippen LogP contribution is 2.21. The maximum Gasteiger partial charge on any atom is 0.281 e. The van der Waals surface area contributed by atoms with E-state index in [2.05, 4.69) is 17.1 Å². The summed E-state index contributed by atoms with van der Waals surface area (Å²) in [4.78, 5) is 14.9. The van der Waals surface area contributed by atoms with E-state index >= 15 is 0 Å². The third-order valence-corrected chi connectivity index (χ3v) is 7.69. The van der Waals surface area contributed by atoms with Crippen LogP contribution in [0.5, 0.6) is 0 Å². The molecule has 152 valence electrons. The Hall–Kier alpha value is -0.700. The van der Waals surface area contributed by atoms with Gasteiger partial charge in [-0.3, -0.25) is 4.79 Å².